The van der Waals surface area contributed by atoms with Gasteiger partial charge in [0.2, 0.25) is 0 Å². The first-order valence-corrected chi connectivity index (χ1v) is 17.8. The molecule has 8 unspecified atom stereocenters. The Bertz CT molecular complexity index is 1190. The van der Waals surface area contributed by atoms with Gasteiger partial charge in [-0.3, -0.25) is 0 Å². The van der Waals surface area contributed by atoms with E-state index in [4.69, 9.17) is 0 Å². The molecule has 0 saturated heterocycles. The summed E-state index contributed by atoms with van der Waals surface area (Å²) in [6.45, 7) is 17.7. The summed E-state index contributed by atoms with van der Waals surface area (Å²) in [5, 5.41) is 23.7. The zero-order valence-electron chi connectivity index (χ0n) is 29.6. The van der Waals surface area contributed by atoms with Crippen molar-refractivity contribution < 1.29 is 19.8 Å². The topological polar surface area (TPSA) is 80.3 Å². The van der Waals surface area contributed by atoms with Crippen molar-refractivity contribution in [2.45, 2.75) is 132 Å². The first-order chi connectivity index (χ1) is 20.6. The molecule has 0 aromatic carbocycles. The maximum Gasteiger partial charge on any atom is 2.00 e. The Kier molecular flexibility index (Phi) is 11.2. The summed E-state index contributed by atoms with van der Waals surface area (Å²) in [5.41, 5.74) is 5.01. The first-order valence-electron chi connectivity index (χ1n) is 17.8. The third-order valence-electron chi connectivity index (χ3n) is 14.1. The van der Waals surface area contributed by atoms with Crippen LogP contribution in [0, 0.1) is 57.2 Å². The molecule has 0 radical (unpaired) electrons. The molecule has 8 atom stereocenters. The van der Waals surface area contributed by atoms with Gasteiger partial charge in [-0.1, -0.05) is 104 Å². The Morgan fingerprint density at radius 1 is 0.667 bits per heavy atom. The second kappa shape index (κ2) is 13.6. The van der Waals surface area contributed by atoms with Crippen LogP contribution in [-0.4, -0.2) is 49.7 Å². The van der Waals surface area contributed by atoms with Gasteiger partial charge in [-0.25, -0.2) is 0 Å². The molecular weight excluding hydrogens is 585 g/mol. The van der Waals surface area contributed by atoms with Gasteiger partial charge in [0.15, 0.2) is 0 Å². The molecule has 4 nitrogen and oxygen atoms in total. The van der Waals surface area contributed by atoms with Gasteiger partial charge >= 0.3 is 37.7 Å². The number of carbonyl (C=O) groups is 2. The predicted octanol–water partition coefficient (Wildman–Crippen LogP) is 7.36. The van der Waals surface area contributed by atoms with Crippen LogP contribution in [0.15, 0.2) is 46.6 Å². The fourth-order valence-electron chi connectivity index (χ4n) is 11.2. The Labute approximate surface area is 303 Å². The SMILES string of the molecule is CC(C)C1=CC2=CCC3C(C)(C(=O)[O-])CCCC3(C)C2CC1.CC(C)C1=CC2=CCC3C(C)(C(=O)[O-])CCCC3(C)C2CC1.[Ca+2]. The number of carboxylic acids is 2. The number of carboxylic acid groups (broad SMARTS) is 2. The van der Waals surface area contributed by atoms with Gasteiger partial charge in [-0.05, 0) is 122 Å². The molecule has 0 aliphatic heterocycles. The van der Waals surface area contributed by atoms with Gasteiger partial charge in [0.25, 0.3) is 0 Å². The van der Waals surface area contributed by atoms with E-state index < -0.39 is 22.8 Å². The van der Waals surface area contributed by atoms with Crippen molar-refractivity contribution in [2.24, 2.45) is 57.2 Å². The third kappa shape index (κ3) is 6.37. The molecule has 2 fully saturated rings. The second-order valence-corrected chi connectivity index (χ2v) is 17.0. The fraction of sp³-hybridized carbons (Fsp3) is 0.750. The Morgan fingerprint density at radius 3 is 1.33 bits per heavy atom. The number of allylic oxidation sites excluding steroid dienone is 8. The molecular formula is C40H58CaO4. The number of hydrogen-bond acceptors (Lipinski definition) is 4. The quantitative estimate of drug-likeness (QED) is 0.300. The Balaban J connectivity index is 0.000000200. The van der Waals surface area contributed by atoms with Crippen molar-refractivity contribution in [3.63, 3.8) is 0 Å². The average Bonchev–Trinajstić information content (AvgIpc) is 2.96. The summed E-state index contributed by atoms with van der Waals surface area (Å²) >= 11 is 0. The third-order valence-corrected chi connectivity index (χ3v) is 14.1. The van der Waals surface area contributed by atoms with Crippen molar-refractivity contribution in [1.29, 1.82) is 0 Å². The maximum atomic E-state index is 11.8. The van der Waals surface area contributed by atoms with Gasteiger partial charge in [-0.2, -0.15) is 0 Å². The van der Waals surface area contributed by atoms with E-state index in [1.165, 1.54) is 36.8 Å². The van der Waals surface area contributed by atoms with Crippen LogP contribution in [0.25, 0.3) is 0 Å². The minimum Gasteiger partial charge on any atom is -0.550 e. The van der Waals surface area contributed by atoms with Crippen LogP contribution in [0.1, 0.15) is 132 Å². The summed E-state index contributed by atoms with van der Waals surface area (Å²) in [6.07, 6.45) is 21.9. The van der Waals surface area contributed by atoms with Gasteiger partial charge in [0, 0.05) is 22.8 Å². The fourth-order valence-corrected chi connectivity index (χ4v) is 11.2. The van der Waals surface area contributed by atoms with Crippen LogP contribution in [-0.2, 0) is 9.59 Å². The molecule has 0 aromatic rings. The molecule has 6 aliphatic carbocycles. The number of carbonyl (C=O) groups excluding carboxylic acids is 2. The molecule has 0 spiro atoms. The van der Waals surface area contributed by atoms with Crippen LogP contribution < -0.4 is 10.2 Å². The molecule has 0 N–H and O–H groups in total. The van der Waals surface area contributed by atoms with E-state index in [9.17, 15) is 19.8 Å². The predicted molar refractivity (Wildman–Crippen MR) is 180 cm³/mol. The average molecular weight is 643 g/mol. The summed E-state index contributed by atoms with van der Waals surface area (Å²) < 4.78 is 0. The van der Waals surface area contributed by atoms with Crippen LogP contribution in [0.3, 0.4) is 0 Å². The Hall–Kier alpha value is -0.840. The summed E-state index contributed by atoms with van der Waals surface area (Å²) in [6, 6.07) is 0. The first kappa shape index (κ1) is 37.0. The van der Waals surface area contributed by atoms with E-state index in [2.05, 4.69) is 65.8 Å². The molecule has 244 valence electrons. The van der Waals surface area contributed by atoms with Crippen LogP contribution >= 0.6 is 0 Å². The molecule has 0 bridgehead atoms. The number of aliphatic carboxylic acids is 2. The maximum absolute atomic E-state index is 11.8. The zero-order valence-corrected chi connectivity index (χ0v) is 31.8. The van der Waals surface area contributed by atoms with Crippen molar-refractivity contribution >= 4 is 49.7 Å². The van der Waals surface area contributed by atoms with E-state index in [-0.39, 0.29) is 60.4 Å². The van der Waals surface area contributed by atoms with Gasteiger partial charge < -0.3 is 19.8 Å². The standard InChI is InChI=1S/2C20H30O2.Ca/c2*1-13(2)14-6-8-16-15(12-14)7-9-17-19(16,3)10-5-11-20(17,4)18(21)22;/h2*7,12-13,16-17H,5-6,8-11H2,1-4H3,(H,21,22);/q;;+2/p-2. The molecule has 0 amide bonds. The largest absolute Gasteiger partial charge is 2.00 e. The van der Waals surface area contributed by atoms with Gasteiger partial charge in [0.1, 0.15) is 0 Å². The van der Waals surface area contributed by atoms with E-state index in [0.29, 0.717) is 23.7 Å². The molecule has 2 saturated carbocycles. The van der Waals surface area contributed by atoms with Gasteiger partial charge in [0.05, 0.1) is 0 Å². The molecule has 6 rings (SSSR count). The van der Waals surface area contributed by atoms with Crippen molar-refractivity contribution in [2.75, 3.05) is 0 Å². The smallest absolute Gasteiger partial charge is 0.550 e. The number of hydrogen-bond donors (Lipinski definition) is 0. The Morgan fingerprint density at radius 2 is 1.02 bits per heavy atom. The van der Waals surface area contributed by atoms with Crippen molar-refractivity contribution in [3.8, 4) is 0 Å². The van der Waals surface area contributed by atoms with Crippen LogP contribution in [0.2, 0.25) is 0 Å². The van der Waals surface area contributed by atoms with E-state index in [0.717, 1.165) is 51.4 Å². The van der Waals surface area contributed by atoms with Crippen LogP contribution in [0.5, 0.6) is 0 Å². The van der Waals surface area contributed by atoms with E-state index >= 15 is 0 Å². The molecule has 6 aliphatic rings. The number of rotatable bonds is 4. The van der Waals surface area contributed by atoms with Crippen molar-refractivity contribution in [1.82, 2.24) is 0 Å². The minimum absolute atomic E-state index is 0. The molecule has 5 heteroatoms. The normalized spacial score (nSPS) is 40.4. The molecule has 45 heavy (non-hydrogen) atoms. The van der Waals surface area contributed by atoms with E-state index in [1.54, 1.807) is 11.1 Å². The van der Waals surface area contributed by atoms with E-state index in [1.807, 2.05) is 13.8 Å². The summed E-state index contributed by atoms with van der Waals surface area (Å²) in [5.74, 6) is 1.08. The minimum atomic E-state index is -0.838. The van der Waals surface area contributed by atoms with Crippen LogP contribution in [0.4, 0.5) is 0 Å². The zero-order chi connectivity index (χ0) is 32.2. The monoisotopic (exact) mass is 642 g/mol. The summed E-state index contributed by atoms with van der Waals surface area (Å²) in [4.78, 5) is 23.7. The molecule has 0 aromatic heterocycles. The molecule has 0 heterocycles. The van der Waals surface area contributed by atoms with Crippen molar-refractivity contribution in [3.05, 3.63) is 46.6 Å². The summed E-state index contributed by atoms with van der Waals surface area (Å²) in [7, 11) is 0. The number of fused-ring (bicyclic) bond motifs is 6. The second-order valence-electron chi connectivity index (χ2n) is 17.0. The van der Waals surface area contributed by atoms with Gasteiger partial charge in [-0.15, -0.1) is 0 Å².